The molecule has 2 aromatic carbocycles. The first-order chi connectivity index (χ1) is 9.66. The lowest BCUT2D eigenvalue weighted by atomic mass is 10.1. The molecule has 1 aliphatic heterocycles. The fourth-order valence-corrected chi connectivity index (χ4v) is 2.48. The molecule has 0 aliphatic carbocycles. The van der Waals surface area contributed by atoms with E-state index in [9.17, 15) is 4.79 Å². The van der Waals surface area contributed by atoms with Crippen molar-refractivity contribution in [3.63, 3.8) is 0 Å². The van der Waals surface area contributed by atoms with Gasteiger partial charge < -0.3 is 9.64 Å². The maximum atomic E-state index is 12.4. The van der Waals surface area contributed by atoms with Crippen molar-refractivity contribution in [1.29, 1.82) is 0 Å². The molecular formula is C17H17NO2. The summed E-state index contributed by atoms with van der Waals surface area (Å²) in [4.78, 5) is 14.2. The number of amides is 1. The molecule has 0 fully saturated rings. The van der Waals surface area contributed by atoms with Gasteiger partial charge in [-0.25, -0.2) is 0 Å². The number of anilines is 1. The second-order valence-electron chi connectivity index (χ2n) is 5.08. The van der Waals surface area contributed by atoms with Crippen molar-refractivity contribution in [1.82, 2.24) is 0 Å². The van der Waals surface area contributed by atoms with E-state index in [0.29, 0.717) is 6.54 Å². The highest BCUT2D eigenvalue weighted by atomic mass is 16.5. The summed E-state index contributed by atoms with van der Waals surface area (Å²) in [7, 11) is 0. The third kappa shape index (κ3) is 2.16. The van der Waals surface area contributed by atoms with Crippen LogP contribution in [0.3, 0.4) is 0 Å². The van der Waals surface area contributed by atoms with Gasteiger partial charge in [0.25, 0.3) is 5.91 Å². The Morgan fingerprint density at radius 2 is 1.80 bits per heavy atom. The van der Waals surface area contributed by atoms with Gasteiger partial charge in [-0.3, -0.25) is 4.79 Å². The van der Waals surface area contributed by atoms with E-state index in [0.717, 1.165) is 17.0 Å². The average Bonchev–Trinajstić information content (AvgIpc) is 2.46. The molecule has 1 aliphatic rings. The molecule has 2 aromatic rings. The summed E-state index contributed by atoms with van der Waals surface area (Å²) in [6.45, 7) is 4.44. The van der Waals surface area contributed by atoms with Crippen LogP contribution in [0.25, 0.3) is 0 Å². The summed E-state index contributed by atoms with van der Waals surface area (Å²) >= 11 is 0. The van der Waals surface area contributed by atoms with Gasteiger partial charge in [-0.15, -0.1) is 0 Å². The molecular weight excluding hydrogens is 250 g/mol. The maximum Gasteiger partial charge on any atom is 0.268 e. The van der Waals surface area contributed by atoms with Gasteiger partial charge in [0.2, 0.25) is 0 Å². The van der Waals surface area contributed by atoms with E-state index < -0.39 is 6.10 Å². The summed E-state index contributed by atoms with van der Waals surface area (Å²) in [5, 5.41) is 0. The minimum absolute atomic E-state index is 0.00644. The molecule has 0 radical (unpaired) electrons. The largest absolute Gasteiger partial charge is 0.479 e. The average molecular weight is 267 g/mol. The lowest BCUT2D eigenvalue weighted by Crippen LogP contribution is -2.44. The Labute approximate surface area is 118 Å². The zero-order valence-electron chi connectivity index (χ0n) is 11.7. The standard InChI is InChI=1S/C17H17NO2/c1-12-7-3-4-8-14(12)11-18-15-9-5-6-10-16(15)20-13(2)17(18)19/h3-10,13H,11H2,1-2H3. The van der Waals surface area contributed by atoms with Crippen LogP contribution in [0.2, 0.25) is 0 Å². The second-order valence-corrected chi connectivity index (χ2v) is 5.08. The first kappa shape index (κ1) is 12.7. The number of carbonyl (C=O) groups is 1. The minimum atomic E-state index is -0.436. The molecule has 0 bridgehead atoms. The first-order valence-electron chi connectivity index (χ1n) is 6.78. The summed E-state index contributed by atoms with van der Waals surface area (Å²) in [6, 6.07) is 15.8. The van der Waals surface area contributed by atoms with E-state index in [4.69, 9.17) is 4.74 Å². The number of nitrogens with zero attached hydrogens (tertiary/aromatic N) is 1. The Bertz CT molecular complexity index is 651. The highest BCUT2D eigenvalue weighted by molar-refractivity contribution is 5.99. The predicted octanol–water partition coefficient (Wildman–Crippen LogP) is 3.31. The van der Waals surface area contributed by atoms with Crippen LogP contribution in [0.5, 0.6) is 5.75 Å². The van der Waals surface area contributed by atoms with E-state index in [2.05, 4.69) is 19.1 Å². The van der Waals surface area contributed by atoms with Crippen molar-refractivity contribution in [3.8, 4) is 5.75 Å². The topological polar surface area (TPSA) is 29.5 Å². The highest BCUT2D eigenvalue weighted by Gasteiger charge is 2.31. The van der Waals surface area contributed by atoms with Crippen LogP contribution < -0.4 is 9.64 Å². The van der Waals surface area contributed by atoms with Gasteiger partial charge in [0, 0.05) is 0 Å². The van der Waals surface area contributed by atoms with Crippen molar-refractivity contribution in [3.05, 3.63) is 59.7 Å². The van der Waals surface area contributed by atoms with E-state index in [-0.39, 0.29) is 5.91 Å². The molecule has 0 aromatic heterocycles. The van der Waals surface area contributed by atoms with Gasteiger partial charge in [-0.05, 0) is 37.1 Å². The van der Waals surface area contributed by atoms with Crippen LogP contribution in [0, 0.1) is 6.92 Å². The van der Waals surface area contributed by atoms with Crippen molar-refractivity contribution in [2.75, 3.05) is 4.90 Å². The van der Waals surface area contributed by atoms with Gasteiger partial charge in [-0.1, -0.05) is 36.4 Å². The van der Waals surface area contributed by atoms with Gasteiger partial charge in [0.05, 0.1) is 12.2 Å². The minimum Gasteiger partial charge on any atom is -0.479 e. The summed E-state index contributed by atoms with van der Waals surface area (Å²) in [5.74, 6) is 0.778. The smallest absolute Gasteiger partial charge is 0.268 e. The number of benzene rings is 2. The third-order valence-corrected chi connectivity index (χ3v) is 3.66. The number of fused-ring (bicyclic) bond motifs is 1. The second kappa shape index (κ2) is 5.00. The first-order valence-corrected chi connectivity index (χ1v) is 6.78. The Kier molecular flexibility index (Phi) is 3.18. The summed E-state index contributed by atoms with van der Waals surface area (Å²) in [5.41, 5.74) is 3.19. The van der Waals surface area contributed by atoms with Crippen LogP contribution >= 0.6 is 0 Å². The lowest BCUT2D eigenvalue weighted by Gasteiger charge is -2.33. The van der Waals surface area contributed by atoms with E-state index in [1.54, 1.807) is 6.92 Å². The molecule has 20 heavy (non-hydrogen) atoms. The van der Waals surface area contributed by atoms with Crippen molar-refractivity contribution in [2.24, 2.45) is 0 Å². The zero-order valence-corrected chi connectivity index (χ0v) is 11.7. The number of hydrogen-bond acceptors (Lipinski definition) is 2. The third-order valence-electron chi connectivity index (χ3n) is 3.66. The molecule has 0 saturated heterocycles. The molecule has 1 heterocycles. The number of para-hydroxylation sites is 2. The lowest BCUT2D eigenvalue weighted by molar-refractivity contribution is -0.125. The maximum absolute atomic E-state index is 12.4. The fourth-order valence-electron chi connectivity index (χ4n) is 2.48. The number of rotatable bonds is 2. The van der Waals surface area contributed by atoms with Crippen LogP contribution in [0.4, 0.5) is 5.69 Å². The highest BCUT2D eigenvalue weighted by Crippen LogP contribution is 2.34. The monoisotopic (exact) mass is 267 g/mol. The molecule has 3 rings (SSSR count). The van der Waals surface area contributed by atoms with Crippen molar-refractivity contribution < 1.29 is 9.53 Å². The molecule has 3 nitrogen and oxygen atoms in total. The quantitative estimate of drug-likeness (QED) is 0.835. The van der Waals surface area contributed by atoms with Crippen LogP contribution in [0.1, 0.15) is 18.1 Å². The van der Waals surface area contributed by atoms with E-state index >= 15 is 0 Å². The summed E-state index contributed by atoms with van der Waals surface area (Å²) < 4.78 is 5.65. The van der Waals surface area contributed by atoms with Gasteiger partial charge >= 0.3 is 0 Å². The van der Waals surface area contributed by atoms with Crippen LogP contribution in [-0.4, -0.2) is 12.0 Å². The van der Waals surface area contributed by atoms with Crippen molar-refractivity contribution >= 4 is 11.6 Å². The zero-order chi connectivity index (χ0) is 14.1. The molecule has 1 atom stereocenters. The molecule has 1 amide bonds. The number of carbonyl (C=O) groups excluding carboxylic acids is 1. The van der Waals surface area contributed by atoms with Gasteiger partial charge in [0.15, 0.2) is 6.10 Å². The van der Waals surface area contributed by atoms with Gasteiger partial charge in [-0.2, -0.15) is 0 Å². The van der Waals surface area contributed by atoms with Crippen molar-refractivity contribution in [2.45, 2.75) is 26.5 Å². The molecule has 0 spiro atoms. The number of ether oxygens (including phenoxy) is 1. The molecule has 0 N–H and O–H groups in total. The SMILES string of the molecule is Cc1ccccc1CN1C(=O)C(C)Oc2ccccc21. The van der Waals surface area contributed by atoms with Crippen LogP contribution in [-0.2, 0) is 11.3 Å². The Balaban J connectivity index is 2.00. The molecule has 0 saturated carbocycles. The van der Waals surface area contributed by atoms with E-state index in [1.807, 2.05) is 41.3 Å². The molecule has 3 heteroatoms. The molecule has 1 unspecified atom stereocenters. The summed E-state index contributed by atoms with van der Waals surface area (Å²) in [6.07, 6.45) is -0.436. The van der Waals surface area contributed by atoms with Gasteiger partial charge in [0.1, 0.15) is 5.75 Å². The van der Waals surface area contributed by atoms with Crippen LogP contribution in [0.15, 0.2) is 48.5 Å². The predicted molar refractivity (Wildman–Crippen MR) is 78.9 cm³/mol. The van der Waals surface area contributed by atoms with E-state index in [1.165, 1.54) is 5.56 Å². The Morgan fingerprint density at radius 1 is 1.10 bits per heavy atom. The Hall–Kier alpha value is -2.29. The fraction of sp³-hybridized carbons (Fsp3) is 0.235. The molecule has 102 valence electrons. The number of hydrogen-bond donors (Lipinski definition) is 0. The number of aryl methyl sites for hydroxylation is 1. The Morgan fingerprint density at radius 3 is 2.60 bits per heavy atom. The normalized spacial score (nSPS) is 17.6.